The fraction of sp³-hybridized carbons (Fsp3) is 0. The fourth-order valence-corrected chi connectivity index (χ4v) is 2.80. The van der Waals surface area contributed by atoms with Crippen LogP contribution in [0.2, 0.25) is 0 Å². The van der Waals surface area contributed by atoms with Crippen molar-refractivity contribution < 1.29 is 17.6 Å². The summed E-state index contributed by atoms with van der Waals surface area (Å²) in [7, 11) is 1.21. The van der Waals surface area contributed by atoms with Gasteiger partial charge in [-0.1, -0.05) is 12.1 Å². The Morgan fingerprint density at radius 1 is 1.17 bits per heavy atom. The van der Waals surface area contributed by atoms with E-state index in [-0.39, 0.29) is 21.9 Å². The Labute approximate surface area is 140 Å². The van der Waals surface area contributed by atoms with Crippen LogP contribution in [0.25, 0.3) is 11.0 Å². The summed E-state index contributed by atoms with van der Waals surface area (Å²) in [5.74, 6) is -0.570. The molecule has 7 nitrogen and oxygen atoms in total. The minimum Gasteiger partial charge on any atom is -0.422 e. The molecule has 0 atom stereocenters. The number of benzene rings is 1. The van der Waals surface area contributed by atoms with Crippen LogP contribution in [0.5, 0.6) is 0 Å². The minimum atomic E-state index is -4.02. The molecule has 0 spiro atoms. The summed E-state index contributed by atoms with van der Waals surface area (Å²) in [6, 6.07) is 10.2. The number of nitrogens with zero attached hydrogens (tertiary/aromatic N) is 1. The van der Waals surface area contributed by atoms with E-state index in [1.54, 1.807) is 18.2 Å². The maximum absolute atomic E-state index is 12.4. The molecule has 0 bridgehead atoms. The summed E-state index contributed by atoms with van der Waals surface area (Å²) in [4.78, 5) is 27.4. The van der Waals surface area contributed by atoms with Crippen LogP contribution in [0.1, 0.15) is 10.4 Å². The second-order valence-corrected chi connectivity index (χ2v) is 7.27. The van der Waals surface area contributed by atoms with Crippen molar-refractivity contribution in [2.75, 3.05) is 5.32 Å². The lowest BCUT2D eigenvalue weighted by Crippen LogP contribution is -2.13. The predicted molar refractivity (Wildman–Crippen MR) is 87.7 cm³/mol. The average Bonchev–Trinajstić information content (AvgIpc) is 2.53. The summed E-state index contributed by atoms with van der Waals surface area (Å²) in [5, 5.41) is 2.72. The highest BCUT2D eigenvalue weighted by Gasteiger charge is 2.15. The maximum atomic E-state index is 12.4. The zero-order chi connectivity index (χ0) is 17.3. The van der Waals surface area contributed by atoms with Crippen molar-refractivity contribution in [3.05, 3.63) is 64.6 Å². The van der Waals surface area contributed by atoms with Crippen LogP contribution in [-0.2, 0) is 9.05 Å². The van der Waals surface area contributed by atoms with Crippen molar-refractivity contribution in [2.45, 2.75) is 5.03 Å². The number of anilines is 1. The van der Waals surface area contributed by atoms with Gasteiger partial charge in [0.25, 0.3) is 15.0 Å². The Kier molecular flexibility index (Phi) is 4.08. The molecule has 122 valence electrons. The molecule has 0 saturated carbocycles. The standard InChI is InChI=1S/C15H9ClN2O5S/c16-24(21,22)12-8-10(6-7-17-12)18-15(20)11-3-1-2-9-4-5-13(19)23-14(9)11/h1-8H,(H,17,18,20). The number of fused-ring (bicyclic) bond motifs is 1. The van der Waals surface area contributed by atoms with Gasteiger partial charge in [-0.05, 0) is 18.2 Å². The molecule has 2 heterocycles. The Morgan fingerprint density at radius 3 is 2.71 bits per heavy atom. The molecule has 9 heteroatoms. The number of halogens is 1. The van der Waals surface area contributed by atoms with Crippen molar-refractivity contribution in [3.8, 4) is 0 Å². The Bertz CT molecular complexity index is 1110. The molecular weight excluding hydrogens is 356 g/mol. The number of aromatic nitrogens is 1. The van der Waals surface area contributed by atoms with Gasteiger partial charge in [0.15, 0.2) is 10.6 Å². The number of amides is 1. The van der Waals surface area contributed by atoms with Crippen molar-refractivity contribution in [1.82, 2.24) is 4.98 Å². The van der Waals surface area contributed by atoms with Gasteiger partial charge < -0.3 is 9.73 Å². The van der Waals surface area contributed by atoms with Gasteiger partial charge in [-0.25, -0.2) is 18.2 Å². The quantitative estimate of drug-likeness (QED) is 0.564. The van der Waals surface area contributed by atoms with Gasteiger partial charge in [-0.3, -0.25) is 4.79 Å². The van der Waals surface area contributed by atoms with E-state index in [2.05, 4.69) is 10.3 Å². The van der Waals surface area contributed by atoms with Crippen molar-refractivity contribution in [1.29, 1.82) is 0 Å². The number of nitrogens with one attached hydrogen (secondary N) is 1. The summed E-state index contributed by atoms with van der Waals surface area (Å²) in [6.45, 7) is 0. The number of pyridine rings is 1. The van der Waals surface area contributed by atoms with E-state index in [1.165, 1.54) is 24.4 Å². The summed E-state index contributed by atoms with van der Waals surface area (Å²) in [5.41, 5.74) is -0.120. The monoisotopic (exact) mass is 364 g/mol. The SMILES string of the molecule is O=C(Nc1ccnc(S(=O)(=O)Cl)c1)c1cccc2ccc(=O)oc12. The lowest BCUT2D eigenvalue weighted by atomic mass is 10.1. The van der Waals surface area contributed by atoms with Crippen LogP contribution in [0.4, 0.5) is 5.69 Å². The second-order valence-electron chi connectivity index (χ2n) is 4.75. The zero-order valence-electron chi connectivity index (χ0n) is 11.9. The lowest BCUT2D eigenvalue weighted by Gasteiger charge is -2.07. The van der Waals surface area contributed by atoms with Crippen LogP contribution in [-0.4, -0.2) is 19.3 Å². The van der Waals surface area contributed by atoms with Crippen molar-refractivity contribution in [3.63, 3.8) is 0 Å². The molecule has 0 aliphatic rings. The first-order valence-electron chi connectivity index (χ1n) is 6.59. The van der Waals surface area contributed by atoms with E-state index in [1.807, 2.05) is 0 Å². The molecule has 1 aromatic carbocycles. The number of para-hydroxylation sites is 1. The largest absolute Gasteiger partial charge is 0.422 e. The summed E-state index contributed by atoms with van der Waals surface area (Å²) >= 11 is 0. The third-order valence-electron chi connectivity index (χ3n) is 3.13. The minimum absolute atomic E-state index is 0.136. The van der Waals surface area contributed by atoms with E-state index >= 15 is 0 Å². The van der Waals surface area contributed by atoms with Gasteiger partial charge in [0.2, 0.25) is 0 Å². The maximum Gasteiger partial charge on any atom is 0.336 e. The third-order valence-corrected chi connectivity index (χ3v) is 4.33. The van der Waals surface area contributed by atoms with E-state index in [0.29, 0.717) is 5.39 Å². The van der Waals surface area contributed by atoms with Crippen molar-refractivity contribution >= 4 is 42.3 Å². The molecule has 0 aliphatic heterocycles. The molecule has 1 N–H and O–H groups in total. The molecule has 0 saturated heterocycles. The lowest BCUT2D eigenvalue weighted by molar-refractivity contribution is 0.102. The molecule has 3 aromatic rings. The number of hydrogen-bond acceptors (Lipinski definition) is 6. The first-order chi connectivity index (χ1) is 11.3. The van der Waals surface area contributed by atoms with Gasteiger partial charge in [-0.15, -0.1) is 0 Å². The Hall–Kier alpha value is -2.71. The number of carbonyl (C=O) groups excluding carboxylic acids is 1. The predicted octanol–water partition coefficient (Wildman–Crippen LogP) is 2.37. The number of hydrogen-bond donors (Lipinski definition) is 1. The first-order valence-corrected chi connectivity index (χ1v) is 8.90. The molecule has 3 rings (SSSR count). The molecule has 2 aromatic heterocycles. The van der Waals surface area contributed by atoms with E-state index < -0.39 is 20.6 Å². The molecule has 0 fully saturated rings. The molecule has 1 amide bonds. The molecule has 0 unspecified atom stereocenters. The topological polar surface area (TPSA) is 106 Å². The Morgan fingerprint density at radius 2 is 1.96 bits per heavy atom. The highest BCUT2D eigenvalue weighted by Crippen LogP contribution is 2.20. The highest BCUT2D eigenvalue weighted by molar-refractivity contribution is 8.13. The summed E-state index contributed by atoms with van der Waals surface area (Å²) < 4.78 is 27.7. The smallest absolute Gasteiger partial charge is 0.336 e. The van der Waals surface area contributed by atoms with Gasteiger partial charge in [0.05, 0.1) is 5.56 Å². The second kappa shape index (κ2) is 6.06. The van der Waals surface area contributed by atoms with E-state index in [0.717, 1.165) is 6.07 Å². The summed E-state index contributed by atoms with van der Waals surface area (Å²) in [6.07, 6.45) is 1.20. The van der Waals surface area contributed by atoms with Crippen LogP contribution < -0.4 is 10.9 Å². The molecule has 0 radical (unpaired) electrons. The van der Waals surface area contributed by atoms with Gasteiger partial charge in [0, 0.05) is 40.1 Å². The highest BCUT2D eigenvalue weighted by atomic mass is 35.7. The Balaban J connectivity index is 2.00. The fourth-order valence-electron chi connectivity index (χ4n) is 2.09. The van der Waals surface area contributed by atoms with Gasteiger partial charge >= 0.3 is 5.63 Å². The normalized spacial score (nSPS) is 11.4. The van der Waals surface area contributed by atoms with E-state index in [9.17, 15) is 18.0 Å². The molecule has 0 aliphatic carbocycles. The van der Waals surface area contributed by atoms with Crippen molar-refractivity contribution in [2.24, 2.45) is 0 Å². The molecule has 24 heavy (non-hydrogen) atoms. The average molecular weight is 365 g/mol. The van der Waals surface area contributed by atoms with Gasteiger partial charge in [-0.2, -0.15) is 0 Å². The van der Waals surface area contributed by atoms with Crippen LogP contribution in [0.15, 0.2) is 62.9 Å². The molecular formula is C15H9ClN2O5S. The van der Waals surface area contributed by atoms with Crippen LogP contribution in [0, 0.1) is 0 Å². The zero-order valence-corrected chi connectivity index (χ0v) is 13.5. The first kappa shape index (κ1) is 16.2. The third kappa shape index (κ3) is 3.29. The van der Waals surface area contributed by atoms with Crippen LogP contribution in [0.3, 0.4) is 0 Å². The van der Waals surface area contributed by atoms with E-state index in [4.69, 9.17) is 15.1 Å². The number of carbonyl (C=O) groups is 1. The number of rotatable bonds is 3. The van der Waals surface area contributed by atoms with Gasteiger partial charge in [0.1, 0.15) is 0 Å². The van der Waals surface area contributed by atoms with Crippen LogP contribution >= 0.6 is 10.7 Å².